The standard InChI is InChI=1S/C24H10N2O2/c25-26-22-23(27)20-12-6-10-3-1-8-5-9-2-4-11-7-13(21(20)24(22)28)19-17(11)15(9)14(8)16(10)18(12)19/h1-4H,5-7H2. The van der Waals surface area contributed by atoms with Crippen LogP contribution in [0.5, 0.6) is 0 Å². The molecule has 5 aromatic rings. The van der Waals surface area contributed by atoms with Crippen LogP contribution in [0.1, 0.15) is 33.4 Å². The highest BCUT2D eigenvalue weighted by Crippen LogP contribution is 2.54. The van der Waals surface area contributed by atoms with E-state index in [2.05, 4.69) is 29.1 Å². The number of benzene rings is 4. The maximum atomic E-state index is 13.0. The van der Waals surface area contributed by atoms with Gasteiger partial charge in [-0.25, -0.2) is 0 Å². The fourth-order valence-corrected chi connectivity index (χ4v) is 6.39. The largest absolute Gasteiger partial charge is 0.410 e. The van der Waals surface area contributed by atoms with Gasteiger partial charge in [-0.1, -0.05) is 24.3 Å². The van der Waals surface area contributed by atoms with E-state index in [9.17, 15) is 15.1 Å². The predicted octanol–water partition coefficient (Wildman–Crippen LogP) is 2.74. The van der Waals surface area contributed by atoms with Gasteiger partial charge < -0.3 is 5.53 Å². The van der Waals surface area contributed by atoms with E-state index >= 15 is 0 Å². The average Bonchev–Trinajstić information content (AvgIpc) is 3.40. The maximum Gasteiger partial charge on any atom is 0.410 e. The molecule has 28 heavy (non-hydrogen) atoms. The van der Waals surface area contributed by atoms with Crippen LogP contribution in [-0.4, -0.2) is 4.79 Å². The number of hydrogen-bond acceptors (Lipinski definition) is 2. The first-order chi connectivity index (χ1) is 13.7. The average molecular weight is 358 g/mol. The van der Waals surface area contributed by atoms with Crippen LogP contribution in [0.2, 0.25) is 0 Å². The van der Waals surface area contributed by atoms with Crippen molar-refractivity contribution in [3.63, 3.8) is 0 Å². The number of rotatable bonds is 0. The van der Waals surface area contributed by atoms with E-state index in [1.807, 2.05) is 0 Å². The minimum atomic E-state index is -0.427. The van der Waals surface area contributed by atoms with Crippen molar-refractivity contribution in [2.24, 2.45) is 0 Å². The Labute approximate surface area is 156 Å². The van der Waals surface area contributed by atoms with Gasteiger partial charge in [0.1, 0.15) is 0 Å². The monoisotopic (exact) mass is 358 g/mol. The van der Waals surface area contributed by atoms with Crippen molar-refractivity contribution in [3.05, 3.63) is 89.0 Å². The summed E-state index contributed by atoms with van der Waals surface area (Å²) in [7, 11) is 0. The van der Waals surface area contributed by atoms with Gasteiger partial charge in [-0.05, 0) is 85.0 Å². The summed E-state index contributed by atoms with van der Waals surface area (Å²) < 4.78 is 0. The summed E-state index contributed by atoms with van der Waals surface area (Å²) in [5.41, 5.74) is 15.5. The molecule has 4 nitrogen and oxygen atoms in total. The molecule has 0 bridgehead atoms. The van der Waals surface area contributed by atoms with E-state index in [-0.39, 0.29) is 5.36 Å². The highest BCUT2D eigenvalue weighted by atomic mass is 16.1. The van der Waals surface area contributed by atoms with Gasteiger partial charge in [0.05, 0.1) is 0 Å². The zero-order valence-corrected chi connectivity index (χ0v) is 14.6. The first-order valence-corrected chi connectivity index (χ1v) is 9.52. The van der Waals surface area contributed by atoms with Crippen LogP contribution in [0.15, 0.2) is 33.9 Å². The van der Waals surface area contributed by atoms with Gasteiger partial charge in [0.2, 0.25) is 0 Å². The molecule has 5 aromatic carbocycles. The topological polar surface area (TPSA) is 70.5 Å². The Hall–Kier alpha value is -3.62. The summed E-state index contributed by atoms with van der Waals surface area (Å²) in [6, 6.07) is 8.81. The Kier molecular flexibility index (Phi) is 1.85. The van der Waals surface area contributed by atoms with E-state index < -0.39 is 10.9 Å². The molecule has 3 aliphatic carbocycles. The van der Waals surface area contributed by atoms with Crippen molar-refractivity contribution in [1.82, 2.24) is 0 Å². The second-order valence-electron chi connectivity index (χ2n) is 8.36. The Bertz CT molecular complexity index is 1750. The molecular formula is C24H10N2O2. The summed E-state index contributed by atoms with van der Waals surface area (Å²) in [4.78, 5) is 29.1. The van der Waals surface area contributed by atoms with E-state index in [1.165, 1.54) is 43.8 Å². The molecule has 0 aromatic heterocycles. The van der Waals surface area contributed by atoms with Gasteiger partial charge in [-0.2, -0.15) is 4.79 Å². The Balaban J connectivity index is 1.89. The van der Waals surface area contributed by atoms with Crippen LogP contribution in [0.3, 0.4) is 0 Å². The zero-order chi connectivity index (χ0) is 18.5. The third-order valence-corrected chi connectivity index (χ3v) is 7.31. The molecule has 0 atom stereocenters. The van der Waals surface area contributed by atoms with Gasteiger partial charge in [0.15, 0.2) is 0 Å². The summed E-state index contributed by atoms with van der Waals surface area (Å²) in [5.74, 6) is 0. The van der Waals surface area contributed by atoms with Crippen LogP contribution in [0, 0.1) is 0 Å². The highest BCUT2D eigenvalue weighted by Gasteiger charge is 2.36. The summed E-state index contributed by atoms with van der Waals surface area (Å²) in [5, 5.41) is 8.16. The van der Waals surface area contributed by atoms with E-state index in [0.29, 0.717) is 23.6 Å². The Morgan fingerprint density at radius 2 is 0.964 bits per heavy atom. The van der Waals surface area contributed by atoms with Crippen LogP contribution >= 0.6 is 0 Å². The first-order valence-electron chi connectivity index (χ1n) is 9.52. The SMILES string of the molecule is [N-]=[N+]=c1c(=O)c2c3c4c5c(ccc6c5c5c(ccc7c5c4c(c2c1=O)C7)C6)C3. The van der Waals surface area contributed by atoms with E-state index in [0.717, 1.165) is 28.3 Å². The van der Waals surface area contributed by atoms with Crippen molar-refractivity contribution in [2.75, 3.05) is 0 Å². The molecule has 0 radical (unpaired) electrons. The molecule has 0 N–H and O–H groups in total. The lowest BCUT2D eigenvalue weighted by Crippen LogP contribution is -2.32. The van der Waals surface area contributed by atoms with Gasteiger partial charge in [-0.3, -0.25) is 9.59 Å². The summed E-state index contributed by atoms with van der Waals surface area (Å²) >= 11 is 0. The lowest BCUT2D eigenvalue weighted by Gasteiger charge is -2.09. The fourth-order valence-electron chi connectivity index (χ4n) is 6.39. The zero-order valence-electron chi connectivity index (χ0n) is 14.6. The first kappa shape index (κ1) is 13.5. The van der Waals surface area contributed by atoms with Crippen molar-refractivity contribution >= 4 is 43.1 Å². The molecule has 0 heterocycles. The molecule has 0 spiro atoms. The van der Waals surface area contributed by atoms with Crippen LogP contribution < -0.4 is 16.2 Å². The van der Waals surface area contributed by atoms with Gasteiger partial charge >= 0.3 is 5.36 Å². The lowest BCUT2D eigenvalue weighted by atomic mass is 9.92. The second kappa shape index (κ2) is 3.82. The lowest BCUT2D eigenvalue weighted by molar-refractivity contribution is -0.0674. The highest BCUT2D eigenvalue weighted by molar-refractivity contribution is 6.35. The van der Waals surface area contributed by atoms with Gasteiger partial charge in [0.25, 0.3) is 10.9 Å². The molecule has 0 saturated carbocycles. The van der Waals surface area contributed by atoms with E-state index in [4.69, 9.17) is 0 Å². The summed E-state index contributed by atoms with van der Waals surface area (Å²) in [6.07, 6.45) is 2.26. The third kappa shape index (κ3) is 1.10. The van der Waals surface area contributed by atoms with Crippen molar-refractivity contribution in [2.45, 2.75) is 19.3 Å². The van der Waals surface area contributed by atoms with Crippen LogP contribution in [-0.2, 0) is 19.3 Å². The predicted molar refractivity (Wildman–Crippen MR) is 107 cm³/mol. The quantitative estimate of drug-likeness (QED) is 0.238. The number of nitrogens with zero attached hydrogens (tertiary/aromatic N) is 2. The van der Waals surface area contributed by atoms with E-state index in [1.54, 1.807) is 0 Å². The third-order valence-electron chi connectivity index (χ3n) is 7.31. The molecule has 4 heteroatoms. The van der Waals surface area contributed by atoms with Crippen molar-refractivity contribution in [1.29, 1.82) is 0 Å². The van der Waals surface area contributed by atoms with Crippen molar-refractivity contribution in [3.8, 4) is 0 Å². The van der Waals surface area contributed by atoms with Crippen LogP contribution in [0.25, 0.3) is 48.6 Å². The molecule has 0 saturated heterocycles. The maximum absolute atomic E-state index is 13.0. The smallest absolute Gasteiger partial charge is 0.360 e. The Morgan fingerprint density at radius 1 is 0.571 bits per heavy atom. The molecule has 128 valence electrons. The normalized spacial score (nSPS) is 15.0. The molecule has 0 aliphatic heterocycles. The molecule has 0 fully saturated rings. The fraction of sp³-hybridized carbons (Fsp3) is 0.125. The summed E-state index contributed by atoms with van der Waals surface area (Å²) in [6.45, 7) is 0. The van der Waals surface area contributed by atoms with Crippen LogP contribution in [0.4, 0.5) is 0 Å². The number of hydrogen-bond donors (Lipinski definition) is 0. The molecule has 0 amide bonds. The molecular weight excluding hydrogens is 348 g/mol. The molecule has 3 aliphatic rings. The Morgan fingerprint density at radius 3 is 1.39 bits per heavy atom. The molecule has 8 rings (SSSR count). The van der Waals surface area contributed by atoms with Gasteiger partial charge in [-0.15, -0.1) is 0 Å². The molecule has 0 unspecified atom stereocenters. The minimum Gasteiger partial charge on any atom is -0.360 e. The number of fused-ring (bicyclic) bond motifs is 3. The second-order valence-corrected chi connectivity index (χ2v) is 8.36. The minimum absolute atomic E-state index is 0.342. The van der Waals surface area contributed by atoms with Crippen molar-refractivity contribution < 1.29 is 4.79 Å². The van der Waals surface area contributed by atoms with Gasteiger partial charge in [0, 0.05) is 10.8 Å².